The van der Waals surface area contributed by atoms with Crippen LogP contribution in [0.2, 0.25) is 0 Å². The average molecular weight is 266 g/mol. The van der Waals surface area contributed by atoms with Gasteiger partial charge in [0, 0.05) is 0 Å². The predicted molar refractivity (Wildman–Crippen MR) is 88.8 cm³/mol. The predicted octanol–water partition coefficient (Wildman–Crippen LogP) is 5.75. The molecule has 0 amide bonds. The lowest BCUT2D eigenvalue weighted by atomic mass is 10.1. The summed E-state index contributed by atoms with van der Waals surface area (Å²) < 4.78 is 5.91. The van der Waals surface area contributed by atoms with Gasteiger partial charge >= 0.3 is 0 Å². The van der Waals surface area contributed by atoms with Crippen LogP contribution in [0.1, 0.15) is 37.1 Å². The standard InChI is InChI=1S/C18H18O.CH4/c1-4-15-6-10-17(11-7-15)14(3)19-18-12-8-16(5-2)9-13-18;/h4-14H,1-2H2,3H3;1H4. The van der Waals surface area contributed by atoms with E-state index in [1.54, 1.807) is 0 Å². The van der Waals surface area contributed by atoms with Crippen molar-refractivity contribution in [3.8, 4) is 5.75 Å². The van der Waals surface area contributed by atoms with Gasteiger partial charge < -0.3 is 4.74 Å². The van der Waals surface area contributed by atoms with Gasteiger partial charge in [0.2, 0.25) is 0 Å². The Morgan fingerprint density at radius 1 is 0.850 bits per heavy atom. The highest BCUT2D eigenvalue weighted by Gasteiger charge is 2.06. The molecule has 0 aromatic heterocycles. The minimum Gasteiger partial charge on any atom is -0.486 e. The highest BCUT2D eigenvalue weighted by molar-refractivity contribution is 5.49. The largest absolute Gasteiger partial charge is 0.486 e. The van der Waals surface area contributed by atoms with Crippen LogP contribution < -0.4 is 4.74 Å². The summed E-state index contributed by atoms with van der Waals surface area (Å²) in [4.78, 5) is 0. The molecule has 0 heterocycles. The highest BCUT2D eigenvalue weighted by atomic mass is 16.5. The van der Waals surface area contributed by atoms with E-state index in [0.717, 1.165) is 22.4 Å². The zero-order valence-electron chi connectivity index (χ0n) is 11.2. The van der Waals surface area contributed by atoms with E-state index in [0.29, 0.717) is 0 Å². The molecule has 0 aliphatic rings. The zero-order valence-corrected chi connectivity index (χ0v) is 11.2. The maximum Gasteiger partial charge on any atom is 0.121 e. The van der Waals surface area contributed by atoms with Crippen LogP contribution in [-0.2, 0) is 0 Å². The maximum atomic E-state index is 5.91. The van der Waals surface area contributed by atoms with Crippen molar-refractivity contribution in [1.82, 2.24) is 0 Å². The number of hydrogen-bond acceptors (Lipinski definition) is 1. The fourth-order valence-corrected chi connectivity index (χ4v) is 1.86. The Labute approximate surface area is 122 Å². The van der Waals surface area contributed by atoms with Gasteiger partial charge in [-0.25, -0.2) is 0 Å². The Balaban J connectivity index is 0.00000200. The lowest BCUT2D eigenvalue weighted by molar-refractivity contribution is 0.227. The van der Waals surface area contributed by atoms with Crippen molar-refractivity contribution in [2.45, 2.75) is 20.5 Å². The molecule has 104 valence electrons. The van der Waals surface area contributed by atoms with Crippen LogP contribution >= 0.6 is 0 Å². The van der Waals surface area contributed by atoms with Crippen molar-refractivity contribution in [1.29, 1.82) is 0 Å². The molecule has 0 aliphatic heterocycles. The molecule has 2 aromatic rings. The normalized spacial score (nSPS) is 11.1. The molecule has 0 aliphatic carbocycles. The van der Waals surface area contributed by atoms with E-state index >= 15 is 0 Å². The van der Waals surface area contributed by atoms with Crippen molar-refractivity contribution >= 4 is 12.2 Å². The van der Waals surface area contributed by atoms with Crippen LogP contribution in [0.4, 0.5) is 0 Å². The smallest absolute Gasteiger partial charge is 0.121 e. The molecule has 0 N–H and O–H groups in total. The lowest BCUT2D eigenvalue weighted by Crippen LogP contribution is -2.02. The third-order valence-electron chi connectivity index (χ3n) is 3.07. The number of rotatable bonds is 5. The minimum absolute atomic E-state index is 0. The van der Waals surface area contributed by atoms with Crippen molar-refractivity contribution in [3.63, 3.8) is 0 Å². The molecule has 20 heavy (non-hydrogen) atoms. The summed E-state index contributed by atoms with van der Waals surface area (Å²) in [5.74, 6) is 0.867. The Hall–Kier alpha value is -2.28. The molecule has 0 bridgehead atoms. The summed E-state index contributed by atoms with van der Waals surface area (Å²) >= 11 is 0. The van der Waals surface area contributed by atoms with Gasteiger partial charge in [-0.15, -0.1) is 0 Å². The van der Waals surface area contributed by atoms with E-state index in [1.165, 1.54) is 0 Å². The summed E-state index contributed by atoms with van der Waals surface area (Å²) in [6, 6.07) is 16.1. The van der Waals surface area contributed by atoms with Gasteiger partial charge in [0.05, 0.1) is 0 Å². The third kappa shape index (κ3) is 3.86. The van der Waals surface area contributed by atoms with Gasteiger partial charge in [0.25, 0.3) is 0 Å². The summed E-state index contributed by atoms with van der Waals surface area (Å²) in [7, 11) is 0. The first-order valence-electron chi connectivity index (χ1n) is 6.34. The minimum atomic E-state index is 0. The SMILES string of the molecule is C.C=Cc1ccc(OC(C)c2ccc(C=C)cc2)cc1. The monoisotopic (exact) mass is 266 g/mol. The molecule has 0 radical (unpaired) electrons. The van der Waals surface area contributed by atoms with Crippen LogP contribution in [0, 0.1) is 0 Å². The fourth-order valence-electron chi connectivity index (χ4n) is 1.86. The first-order chi connectivity index (χ1) is 9.22. The molecule has 2 rings (SSSR count). The molecule has 2 aromatic carbocycles. The van der Waals surface area contributed by atoms with Gasteiger partial charge in [-0.05, 0) is 35.7 Å². The van der Waals surface area contributed by atoms with Crippen molar-refractivity contribution < 1.29 is 4.74 Å². The molecule has 1 nitrogen and oxygen atoms in total. The molecule has 0 saturated carbocycles. The van der Waals surface area contributed by atoms with Gasteiger partial charge in [-0.2, -0.15) is 0 Å². The van der Waals surface area contributed by atoms with Crippen LogP contribution in [0.3, 0.4) is 0 Å². The molecular formula is C19H22O. The van der Waals surface area contributed by atoms with Gasteiger partial charge in [0.1, 0.15) is 11.9 Å². The Kier molecular flexibility index (Phi) is 5.79. The Bertz CT molecular complexity index is 549. The van der Waals surface area contributed by atoms with Crippen LogP contribution in [0.25, 0.3) is 12.2 Å². The summed E-state index contributed by atoms with van der Waals surface area (Å²) in [5.41, 5.74) is 3.36. The van der Waals surface area contributed by atoms with Crippen LogP contribution in [0.15, 0.2) is 61.7 Å². The second kappa shape index (κ2) is 7.34. The summed E-state index contributed by atoms with van der Waals surface area (Å²) in [6.07, 6.45) is 3.68. The lowest BCUT2D eigenvalue weighted by Gasteiger charge is -2.15. The highest BCUT2D eigenvalue weighted by Crippen LogP contribution is 2.22. The molecule has 0 saturated heterocycles. The number of ether oxygens (including phenoxy) is 1. The van der Waals surface area contributed by atoms with E-state index in [1.807, 2.05) is 55.5 Å². The van der Waals surface area contributed by atoms with Gasteiger partial charge in [0.15, 0.2) is 0 Å². The fraction of sp³-hybridized carbons (Fsp3) is 0.158. The maximum absolute atomic E-state index is 5.91. The van der Waals surface area contributed by atoms with Crippen LogP contribution in [-0.4, -0.2) is 0 Å². The van der Waals surface area contributed by atoms with Gasteiger partial charge in [-0.1, -0.05) is 69.1 Å². The van der Waals surface area contributed by atoms with E-state index in [2.05, 4.69) is 25.3 Å². The Morgan fingerprint density at radius 2 is 1.30 bits per heavy atom. The van der Waals surface area contributed by atoms with Crippen molar-refractivity contribution in [2.75, 3.05) is 0 Å². The zero-order chi connectivity index (χ0) is 13.7. The quantitative estimate of drug-likeness (QED) is 0.669. The topological polar surface area (TPSA) is 9.23 Å². The van der Waals surface area contributed by atoms with Crippen molar-refractivity contribution in [2.24, 2.45) is 0 Å². The van der Waals surface area contributed by atoms with E-state index in [9.17, 15) is 0 Å². The van der Waals surface area contributed by atoms with Crippen molar-refractivity contribution in [3.05, 3.63) is 78.4 Å². The summed E-state index contributed by atoms with van der Waals surface area (Å²) in [6.45, 7) is 9.53. The van der Waals surface area contributed by atoms with E-state index in [-0.39, 0.29) is 13.5 Å². The first-order valence-corrected chi connectivity index (χ1v) is 6.34. The van der Waals surface area contributed by atoms with E-state index < -0.39 is 0 Å². The third-order valence-corrected chi connectivity index (χ3v) is 3.07. The second-order valence-corrected chi connectivity index (χ2v) is 4.40. The Morgan fingerprint density at radius 3 is 1.75 bits per heavy atom. The molecule has 0 fully saturated rings. The average Bonchev–Trinajstić information content (AvgIpc) is 2.48. The number of hydrogen-bond donors (Lipinski definition) is 0. The molecule has 1 unspecified atom stereocenters. The summed E-state index contributed by atoms with van der Waals surface area (Å²) in [5, 5.41) is 0. The first kappa shape index (κ1) is 15.8. The van der Waals surface area contributed by atoms with E-state index in [4.69, 9.17) is 4.74 Å². The number of benzene rings is 2. The molecular weight excluding hydrogens is 244 g/mol. The van der Waals surface area contributed by atoms with Gasteiger partial charge in [-0.3, -0.25) is 0 Å². The molecule has 1 atom stereocenters. The van der Waals surface area contributed by atoms with Crippen LogP contribution in [0.5, 0.6) is 5.75 Å². The second-order valence-electron chi connectivity index (χ2n) is 4.40. The molecule has 0 spiro atoms. The molecule has 1 heteroatoms.